The Hall–Kier alpha value is -2.51. The molecule has 0 aliphatic rings. The van der Waals surface area contributed by atoms with Gasteiger partial charge in [-0.15, -0.1) is 10.2 Å². The molecule has 21 heavy (non-hydrogen) atoms. The largest absolute Gasteiger partial charge is 0.308 e. The number of halogens is 1. The highest BCUT2D eigenvalue weighted by molar-refractivity contribution is 6.31. The quantitative estimate of drug-likeness (QED) is 0.563. The van der Waals surface area contributed by atoms with Gasteiger partial charge in [0.2, 0.25) is 5.82 Å². The number of anilines is 1. The summed E-state index contributed by atoms with van der Waals surface area (Å²) in [4.78, 5) is 5.71. The third-order valence-corrected chi connectivity index (χ3v) is 3.19. The van der Waals surface area contributed by atoms with Gasteiger partial charge in [-0.25, -0.2) is 10.8 Å². The van der Waals surface area contributed by atoms with Crippen LogP contribution >= 0.6 is 11.6 Å². The van der Waals surface area contributed by atoms with Crippen molar-refractivity contribution in [2.75, 3.05) is 5.43 Å². The van der Waals surface area contributed by atoms with E-state index in [-0.39, 0.29) is 0 Å². The maximum atomic E-state index is 6.11. The number of nitrogens with two attached hydrogens (primary N) is 1. The minimum Gasteiger partial charge on any atom is -0.308 e. The molecular weight excluding hydrogens is 290 g/mol. The number of hydrazine groups is 1. The fourth-order valence-electron chi connectivity index (χ4n) is 1.82. The number of hydrogen-bond acceptors (Lipinski definition) is 6. The lowest BCUT2D eigenvalue weighted by Crippen LogP contribution is -2.12. The molecule has 0 unspecified atom stereocenters. The number of aromatic nitrogens is 5. The number of hydrogen-bond donors (Lipinski definition) is 2. The van der Waals surface area contributed by atoms with Crippen LogP contribution in [0.4, 0.5) is 5.82 Å². The normalized spacial score (nSPS) is 10.6. The van der Waals surface area contributed by atoms with E-state index in [9.17, 15) is 0 Å². The summed E-state index contributed by atoms with van der Waals surface area (Å²) in [6.07, 6.45) is 0. The monoisotopic (exact) mass is 301 g/mol. The summed E-state index contributed by atoms with van der Waals surface area (Å²) >= 11 is 6.11. The molecule has 7 nitrogen and oxygen atoms in total. The predicted octanol–water partition coefficient (Wildman–Crippen LogP) is 1.72. The van der Waals surface area contributed by atoms with Crippen LogP contribution in [-0.2, 0) is 6.54 Å². The molecular formula is C13H12ClN7. The van der Waals surface area contributed by atoms with Crippen molar-refractivity contribution in [3.05, 3.63) is 53.2 Å². The molecule has 0 spiro atoms. The third kappa shape index (κ3) is 2.99. The van der Waals surface area contributed by atoms with Crippen LogP contribution in [0.3, 0.4) is 0 Å². The first-order valence-corrected chi connectivity index (χ1v) is 6.59. The molecule has 0 aliphatic carbocycles. The number of rotatable bonds is 4. The van der Waals surface area contributed by atoms with Gasteiger partial charge in [-0.1, -0.05) is 41.9 Å². The average Bonchev–Trinajstić information content (AvgIpc) is 2.99. The Balaban J connectivity index is 1.85. The van der Waals surface area contributed by atoms with E-state index < -0.39 is 0 Å². The highest BCUT2D eigenvalue weighted by Gasteiger charge is 2.09. The van der Waals surface area contributed by atoms with Gasteiger partial charge in [0.15, 0.2) is 0 Å². The summed E-state index contributed by atoms with van der Waals surface area (Å²) in [6, 6.07) is 13.0. The summed E-state index contributed by atoms with van der Waals surface area (Å²) in [6.45, 7) is 0.314. The van der Waals surface area contributed by atoms with Crippen molar-refractivity contribution >= 4 is 17.4 Å². The summed E-state index contributed by atoms with van der Waals surface area (Å²) < 4.78 is 0. The summed E-state index contributed by atoms with van der Waals surface area (Å²) in [7, 11) is 0. The summed E-state index contributed by atoms with van der Waals surface area (Å²) in [5.41, 5.74) is 3.99. The Labute approximate surface area is 125 Å². The van der Waals surface area contributed by atoms with Gasteiger partial charge in [-0.2, -0.15) is 4.80 Å². The van der Waals surface area contributed by atoms with Gasteiger partial charge < -0.3 is 5.43 Å². The molecule has 0 saturated heterocycles. The molecule has 8 heteroatoms. The Bertz CT molecular complexity index is 741. The number of pyridine rings is 1. The van der Waals surface area contributed by atoms with E-state index in [1.54, 1.807) is 12.1 Å². The van der Waals surface area contributed by atoms with Crippen molar-refractivity contribution in [3.8, 4) is 11.4 Å². The lowest BCUT2D eigenvalue weighted by Gasteiger charge is -2.05. The van der Waals surface area contributed by atoms with Gasteiger partial charge in [0.05, 0.1) is 10.7 Å². The van der Waals surface area contributed by atoms with E-state index in [4.69, 9.17) is 17.4 Å². The minimum atomic E-state index is 0.314. The van der Waals surface area contributed by atoms with E-state index in [2.05, 4.69) is 25.8 Å². The zero-order valence-electron chi connectivity index (χ0n) is 10.9. The van der Waals surface area contributed by atoms with Gasteiger partial charge >= 0.3 is 0 Å². The SMILES string of the molecule is NNc1ccc(Cl)c(Cn2nnc(-c3ccccc3)n2)n1. The maximum absolute atomic E-state index is 6.11. The van der Waals surface area contributed by atoms with Crippen molar-refractivity contribution in [1.82, 2.24) is 25.2 Å². The van der Waals surface area contributed by atoms with Crippen LogP contribution in [0.2, 0.25) is 5.02 Å². The number of tetrazole rings is 1. The van der Waals surface area contributed by atoms with Crippen molar-refractivity contribution < 1.29 is 0 Å². The highest BCUT2D eigenvalue weighted by Crippen LogP contribution is 2.17. The van der Waals surface area contributed by atoms with Crippen LogP contribution in [-0.4, -0.2) is 25.2 Å². The number of benzene rings is 1. The van der Waals surface area contributed by atoms with Gasteiger partial charge in [-0.05, 0) is 17.3 Å². The Morgan fingerprint density at radius 3 is 2.71 bits per heavy atom. The molecule has 3 N–H and O–H groups in total. The van der Waals surface area contributed by atoms with E-state index in [0.717, 1.165) is 5.56 Å². The average molecular weight is 302 g/mol. The molecule has 2 aromatic heterocycles. The van der Waals surface area contributed by atoms with Crippen molar-refractivity contribution in [3.63, 3.8) is 0 Å². The third-order valence-electron chi connectivity index (χ3n) is 2.84. The first-order chi connectivity index (χ1) is 10.3. The Morgan fingerprint density at radius 1 is 1.14 bits per heavy atom. The van der Waals surface area contributed by atoms with Crippen molar-refractivity contribution in [2.24, 2.45) is 5.84 Å². The van der Waals surface area contributed by atoms with Crippen molar-refractivity contribution in [1.29, 1.82) is 0 Å². The molecule has 0 aliphatic heterocycles. The fraction of sp³-hybridized carbons (Fsp3) is 0.0769. The molecule has 0 saturated carbocycles. The van der Waals surface area contributed by atoms with E-state index >= 15 is 0 Å². The van der Waals surface area contributed by atoms with Crippen LogP contribution in [0.15, 0.2) is 42.5 Å². The Kier molecular flexibility index (Phi) is 3.76. The molecule has 0 atom stereocenters. The van der Waals surface area contributed by atoms with Crippen LogP contribution in [0.1, 0.15) is 5.69 Å². The lowest BCUT2D eigenvalue weighted by molar-refractivity contribution is 0.565. The van der Waals surface area contributed by atoms with Crippen LogP contribution in [0.5, 0.6) is 0 Å². The second-order valence-electron chi connectivity index (χ2n) is 4.28. The Morgan fingerprint density at radius 2 is 1.95 bits per heavy atom. The number of nitrogens with one attached hydrogen (secondary N) is 1. The topological polar surface area (TPSA) is 94.5 Å². The molecule has 0 fully saturated rings. The molecule has 0 amide bonds. The molecule has 0 radical (unpaired) electrons. The number of nitrogens with zero attached hydrogens (tertiary/aromatic N) is 5. The summed E-state index contributed by atoms with van der Waals surface area (Å²) in [5, 5.41) is 12.9. The molecule has 3 rings (SSSR count). The molecule has 1 aromatic carbocycles. The standard InChI is InChI=1S/C13H12ClN7/c14-10-6-7-12(17-15)16-11(10)8-21-19-13(18-20-21)9-4-2-1-3-5-9/h1-7H,8,15H2,(H,16,17). The second kappa shape index (κ2) is 5.86. The first kappa shape index (κ1) is 13.5. The van der Waals surface area contributed by atoms with Crippen LogP contribution in [0.25, 0.3) is 11.4 Å². The van der Waals surface area contributed by atoms with E-state index in [1.165, 1.54) is 4.80 Å². The zero-order valence-corrected chi connectivity index (χ0v) is 11.7. The maximum Gasteiger partial charge on any atom is 0.204 e. The van der Waals surface area contributed by atoms with Gasteiger partial charge in [0.1, 0.15) is 12.4 Å². The molecule has 106 valence electrons. The molecule has 2 heterocycles. The zero-order chi connectivity index (χ0) is 14.7. The molecule has 0 bridgehead atoms. The van der Waals surface area contributed by atoms with Gasteiger partial charge in [0, 0.05) is 5.56 Å². The fourth-order valence-corrected chi connectivity index (χ4v) is 1.99. The first-order valence-electron chi connectivity index (χ1n) is 6.21. The highest BCUT2D eigenvalue weighted by atomic mass is 35.5. The van der Waals surface area contributed by atoms with Crippen molar-refractivity contribution in [2.45, 2.75) is 6.54 Å². The van der Waals surface area contributed by atoms with Gasteiger partial charge in [0.25, 0.3) is 0 Å². The van der Waals surface area contributed by atoms with Crippen LogP contribution < -0.4 is 11.3 Å². The van der Waals surface area contributed by atoms with Gasteiger partial charge in [-0.3, -0.25) is 0 Å². The summed E-state index contributed by atoms with van der Waals surface area (Å²) in [5.74, 6) is 6.42. The lowest BCUT2D eigenvalue weighted by atomic mass is 10.2. The van der Waals surface area contributed by atoms with E-state index in [1.807, 2.05) is 30.3 Å². The number of nitrogen functional groups attached to an aromatic ring is 1. The predicted molar refractivity (Wildman–Crippen MR) is 79.4 cm³/mol. The van der Waals surface area contributed by atoms with Crippen LogP contribution in [0, 0.1) is 0 Å². The molecule has 3 aromatic rings. The second-order valence-corrected chi connectivity index (χ2v) is 4.69. The minimum absolute atomic E-state index is 0.314. The van der Waals surface area contributed by atoms with E-state index in [0.29, 0.717) is 28.9 Å². The smallest absolute Gasteiger partial charge is 0.204 e.